The van der Waals surface area contributed by atoms with E-state index in [0.717, 1.165) is 37.9 Å². The first-order valence-corrected chi connectivity index (χ1v) is 10.3. The van der Waals surface area contributed by atoms with Crippen LogP contribution in [0.3, 0.4) is 0 Å². The minimum atomic E-state index is -3.53. The average Bonchev–Trinajstić information content (AvgIpc) is 3.48. The Morgan fingerprint density at radius 2 is 1.48 bits per heavy atom. The molecule has 1 aliphatic heterocycles. The summed E-state index contributed by atoms with van der Waals surface area (Å²) in [6, 6.07) is 16.9. The van der Waals surface area contributed by atoms with Gasteiger partial charge in [0.1, 0.15) is 0 Å². The Kier molecular flexibility index (Phi) is 4.39. The van der Waals surface area contributed by atoms with Gasteiger partial charge in [0, 0.05) is 43.6 Å². The molecule has 0 unspecified atom stereocenters. The normalized spacial score (nSPS) is 19.0. The van der Waals surface area contributed by atoms with E-state index >= 15 is 0 Å². The topological polar surface area (TPSA) is 52.7 Å². The van der Waals surface area contributed by atoms with Crippen LogP contribution in [0.15, 0.2) is 59.5 Å². The molecular weight excluding hydrogens is 334 g/mol. The Bertz CT molecular complexity index is 810. The highest BCUT2D eigenvalue weighted by atomic mass is 32.2. The Balaban J connectivity index is 1.40. The maximum absolute atomic E-state index is 12.4. The number of benzene rings is 2. The summed E-state index contributed by atoms with van der Waals surface area (Å²) in [6.07, 6.45) is 2.71. The standard InChI is InChI=1S/C19H23N3O2S/c23-25(24,19-4-2-1-3-5-19)20-16-6-8-17(9-7-16)21-12-14-22(15-13-21)18-10-11-18/h1-9,18,20H,10-15H2. The lowest BCUT2D eigenvalue weighted by atomic mass is 10.2. The zero-order valence-electron chi connectivity index (χ0n) is 14.1. The van der Waals surface area contributed by atoms with Crippen molar-refractivity contribution in [3.63, 3.8) is 0 Å². The predicted octanol–water partition coefficient (Wildman–Crippen LogP) is 2.77. The zero-order valence-corrected chi connectivity index (χ0v) is 15.0. The third-order valence-electron chi connectivity index (χ3n) is 4.92. The summed E-state index contributed by atoms with van der Waals surface area (Å²) in [4.78, 5) is 5.23. The molecule has 25 heavy (non-hydrogen) atoms. The molecule has 0 spiro atoms. The second-order valence-corrected chi connectivity index (χ2v) is 8.40. The number of rotatable bonds is 5. The van der Waals surface area contributed by atoms with Gasteiger partial charge in [0.15, 0.2) is 0 Å². The average molecular weight is 357 g/mol. The molecule has 2 aromatic carbocycles. The van der Waals surface area contributed by atoms with Crippen LogP contribution in [0.1, 0.15) is 12.8 Å². The van der Waals surface area contributed by atoms with E-state index in [2.05, 4.69) is 14.5 Å². The van der Waals surface area contributed by atoms with Gasteiger partial charge in [0.2, 0.25) is 0 Å². The largest absolute Gasteiger partial charge is 0.369 e. The van der Waals surface area contributed by atoms with Crippen molar-refractivity contribution >= 4 is 21.4 Å². The molecule has 1 aliphatic carbocycles. The number of nitrogens with one attached hydrogen (secondary N) is 1. The van der Waals surface area contributed by atoms with Crippen molar-refractivity contribution in [3.8, 4) is 0 Å². The molecule has 0 amide bonds. The van der Waals surface area contributed by atoms with Crippen molar-refractivity contribution in [3.05, 3.63) is 54.6 Å². The van der Waals surface area contributed by atoms with Crippen LogP contribution in [-0.2, 0) is 10.0 Å². The molecular formula is C19H23N3O2S. The molecule has 0 aromatic heterocycles. The highest BCUT2D eigenvalue weighted by Crippen LogP contribution is 2.29. The van der Waals surface area contributed by atoms with Crippen molar-refractivity contribution in [1.82, 2.24) is 4.90 Å². The lowest BCUT2D eigenvalue weighted by molar-refractivity contribution is 0.248. The molecule has 1 saturated heterocycles. The molecule has 132 valence electrons. The Labute approximate surface area is 149 Å². The van der Waals surface area contributed by atoms with Crippen LogP contribution in [0, 0.1) is 0 Å². The lowest BCUT2D eigenvalue weighted by Gasteiger charge is -2.36. The number of hydrogen-bond donors (Lipinski definition) is 1. The van der Waals surface area contributed by atoms with Gasteiger partial charge in [-0.3, -0.25) is 9.62 Å². The summed E-state index contributed by atoms with van der Waals surface area (Å²) < 4.78 is 27.4. The summed E-state index contributed by atoms with van der Waals surface area (Å²) in [6.45, 7) is 4.30. The minimum Gasteiger partial charge on any atom is -0.369 e. The molecule has 0 radical (unpaired) electrons. The van der Waals surface area contributed by atoms with E-state index in [1.165, 1.54) is 12.8 Å². The maximum atomic E-state index is 12.4. The van der Waals surface area contributed by atoms with E-state index in [1.807, 2.05) is 24.3 Å². The molecule has 1 N–H and O–H groups in total. The molecule has 2 aromatic rings. The van der Waals surface area contributed by atoms with Gasteiger partial charge in [0.05, 0.1) is 4.90 Å². The van der Waals surface area contributed by atoms with Crippen LogP contribution in [0.5, 0.6) is 0 Å². The van der Waals surface area contributed by atoms with Crippen LogP contribution >= 0.6 is 0 Å². The number of nitrogens with zero attached hydrogens (tertiary/aromatic N) is 2. The Morgan fingerprint density at radius 3 is 2.08 bits per heavy atom. The summed E-state index contributed by atoms with van der Waals surface area (Å²) in [7, 11) is -3.53. The third kappa shape index (κ3) is 3.80. The fourth-order valence-corrected chi connectivity index (χ4v) is 4.42. The van der Waals surface area contributed by atoms with Crippen LogP contribution in [-0.4, -0.2) is 45.5 Å². The molecule has 6 heteroatoms. The molecule has 1 saturated carbocycles. The molecule has 1 heterocycles. The van der Waals surface area contributed by atoms with Crippen LogP contribution in [0.4, 0.5) is 11.4 Å². The van der Waals surface area contributed by atoms with E-state index in [1.54, 1.807) is 30.3 Å². The van der Waals surface area contributed by atoms with Crippen LogP contribution < -0.4 is 9.62 Å². The minimum absolute atomic E-state index is 0.273. The highest BCUT2D eigenvalue weighted by molar-refractivity contribution is 7.92. The summed E-state index contributed by atoms with van der Waals surface area (Å²) in [5.74, 6) is 0. The molecule has 4 rings (SSSR count). The highest BCUT2D eigenvalue weighted by Gasteiger charge is 2.31. The van der Waals surface area contributed by atoms with Crippen molar-refractivity contribution in [1.29, 1.82) is 0 Å². The molecule has 5 nitrogen and oxygen atoms in total. The first kappa shape index (κ1) is 16.4. The Hall–Kier alpha value is -2.05. The van der Waals surface area contributed by atoms with E-state index < -0.39 is 10.0 Å². The Morgan fingerprint density at radius 1 is 0.840 bits per heavy atom. The second-order valence-electron chi connectivity index (χ2n) is 6.72. The quantitative estimate of drug-likeness (QED) is 0.894. The van der Waals surface area contributed by atoms with E-state index in [9.17, 15) is 8.42 Å². The predicted molar refractivity (Wildman–Crippen MR) is 101 cm³/mol. The first-order chi connectivity index (χ1) is 12.1. The van der Waals surface area contributed by atoms with Gasteiger partial charge in [0.25, 0.3) is 10.0 Å². The van der Waals surface area contributed by atoms with Gasteiger partial charge in [-0.15, -0.1) is 0 Å². The first-order valence-electron chi connectivity index (χ1n) is 8.79. The number of anilines is 2. The monoisotopic (exact) mass is 357 g/mol. The van der Waals surface area contributed by atoms with Crippen molar-refractivity contribution in [2.24, 2.45) is 0 Å². The smallest absolute Gasteiger partial charge is 0.261 e. The number of piperazine rings is 1. The van der Waals surface area contributed by atoms with E-state index in [4.69, 9.17) is 0 Å². The van der Waals surface area contributed by atoms with Crippen LogP contribution in [0.2, 0.25) is 0 Å². The fourth-order valence-electron chi connectivity index (χ4n) is 3.34. The molecule has 0 atom stereocenters. The maximum Gasteiger partial charge on any atom is 0.261 e. The van der Waals surface area contributed by atoms with Gasteiger partial charge in [-0.1, -0.05) is 18.2 Å². The summed E-state index contributed by atoms with van der Waals surface area (Å²) in [5.41, 5.74) is 1.74. The second kappa shape index (κ2) is 6.69. The molecule has 0 bridgehead atoms. The van der Waals surface area contributed by atoms with Gasteiger partial charge >= 0.3 is 0 Å². The van der Waals surface area contributed by atoms with Crippen molar-refractivity contribution in [2.75, 3.05) is 35.8 Å². The lowest BCUT2D eigenvalue weighted by Crippen LogP contribution is -2.47. The van der Waals surface area contributed by atoms with Crippen molar-refractivity contribution in [2.45, 2.75) is 23.8 Å². The third-order valence-corrected chi connectivity index (χ3v) is 6.31. The summed E-state index contributed by atoms with van der Waals surface area (Å²) >= 11 is 0. The van der Waals surface area contributed by atoms with Gasteiger partial charge < -0.3 is 4.90 Å². The summed E-state index contributed by atoms with van der Waals surface area (Å²) in [5, 5.41) is 0. The number of sulfonamides is 1. The van der Waals surface area contributed by atoms with Gasteiger partial charge in [-0.2, -0.15) is 0 Å². The SMILES string of the molecule is O=S(=O)(Nc1ccc(N2CCN(C3CC3)CC2)cc1)c1ccccc1. The van der Waals surface area contributed by atoms with Gasteiger partial charge in [-0.25, -0.2) is 8.42 Å². The number of hydrogen-bond acceptors (Lipinski definition) is 4. The van der Waals surface area contributed by atoms with E-state index in [0.29, 0.717) is 5.69 Å². The van der Waals surface area contributed by atoms with Crippen molar-refractivity contribution < 1.29 is 8.42 Å². The van der Waals surface area contributed by atoms with Crippen LogP contribution in [0.25, 0.3) is 0 Å². The zero-order chi connectivity index (χ0) is 17.3. The fraction of sp³-hybridized carbons (Fsp3) is 0.368. The molecule has 2 fully saturated rings. The van der Waals surface area contributed by atoms with E-state index in [-0.39, 0.29) is 4.90 Å². The van der Waals surface area contributed by atoms with Gasteiger partial charge in [-0.05, 0) is 49.2 Å². The molecule has 2 aliphatic rings.